The molecule has 1 amide bonds. The molecule has 110 valence electrons. The third kappa shape index (κ3) is 3.96. The number of nitrogens with one attached hydrogen (secondary N) is 1. The van der Waals surface area contributed by atoms with Gasteiger partial charge in [0.15, 0.2) is 0 Å². The molecule has 0 saturated heterocycles. The summed E-state index contributed by atoms with van der Waals surface area (Å²) in [4.78, 5) is 12.1. The van der Waals surface area contributed by atoms with Crippen molar-refractivity contribution in [2.75, 3.05) is 6.54 Å². The van der Waals surface area contributed by atoms with Crippen molar-refractivity contribution < 1.29 is 9.90 Å². The van der Waals surface area contributed by atoms with Crippen LogP contribution in [0.3, 0.4) is 0 Å². The van der Waals surface area contributed by atoms with Gasteiger partial charge in [0.2, 0.25) is 0 Å². The van der Waals surface area contributed by atoms with Crippen LogP contribution in [0.15, 0.2) is 22.7 Å². The number of aliphatic hydroxyl groups is 1. The molecule has 0 heterocycles. The lowest BCUT2D eigenvalue weighted by atomic mass is 9.79. The fraction of sp³-hybridized carbons (Fsp3) is 0.533. The smallest absolute Gasteiger partial charge is 0.252 e. The zero-order chi connectivity index (χ0) is 14.8. The number of hydrogen-bond acceptors (Lipinski definition) is 2. The minimum atomic E-state index is -0.774. The van der Waals surface area contributed by atoms with Crippen LogP contribution in [-0.4, -0.2) is 23.2 Å². The molecule has 20 heavy (non-hydrogen) atoms. The average Bonchev–Trinajstić information content (AvgIpc) is 2.40. The highest BCUT2D eigenvalue weighted by Crippen LogP contribution is 2.31. The second-order valence-electron chi connectivity index (χ2n) is 5.71. The van der Waals surface area contributed by atoms with Crippen molar-refractivity contribution in [3.8, 4) is 0 Å². The summed E-state index contributed by atoms with van der Waals surface area (Å²) in [5.74, 6) is 0.418. The highest BCUT2D eigenvalue weighted by molar-refractivity contribution is 9.10. The zero-order valence-corrected chi connectivity index (χ0v) is 13.8. The molecule has 1 fully saturated rings. The Morgan fingerprint density at radius 1 is 1.50 bits per heavy atom. The van der Waals surface area contributed by atoms with Gasteiger partial charge in [-0.15, -0.1) is 0 Å². The summed E-state index contributed by atoms with van der Waals surface area (Å²) < 4.78 is 0.832. The summed E-state index contributed by atoms with van der Waals surface area (Å²) in [5, 5.41) is 13.6. The van der Waals surface area contributed by atoms with E-state index in [1.807, 2.05) is 0 Å². The average molecular weight is 361 g/mol. The molecule has 0 spiro atoms. The highest BCUT2D eigenvalue weighted by Gasteiger charge is 2.32. The molecule has 0 bridgehead atoms. The number of benzene rings is 1. The van der Waals surface area contributed by atoms with Crippen molar-refractivity contribution in [2.45, 2.75) is 38.2 Å². The van der Waals surface area contributed by atoms with E-state index in [2.05, 4.69) is 28.2 Å². The molecule has 0 aromatic heterocycles. The van der Waals surface area contributed by atoms with Gasteiger partial charge in [0.05, 0.1) is 16.2 Å². The number of carbonyl (C=O) groups is 1. The number of rotatable bonds is 3. The van der Waals surface area contributed by atoms with Crippen LogP contribution in [0.1, 0.15) is 43.0 Å². The Morgan fingerprint density at radius 2 is 2.15 bits per heavy atom. The van der Waals surface area contributed by atoms with Crippen LogP contribution in [0.5, 0.6) is 0 Å². The zero-order valence-electron chi connectivity index (χ0n) is 11.5. The Morgan fingerprint density at radius 3 is 2.75 bits per heavy atom. The summed E-state index contributed by atoms with van der Waals surface area (Å²) in [6.45, 7) is 2.48. The molecule has 0 aliphatic heterocycles. The van der Waals surface area contributed by atoms with E-state index in [0.29, 0.717) is 16.5 Å². The molecule has 1 aromatic carbocycles. The second-order valence-corrected chi connectivity index (χ2v) is 7.04. The topological polar surface area (TPSA) is 49.3 Å². The summed E-state index contributed by atoms with van der Waals surface area (Å²) in [6.07, 6.45) is 3.49. The van der Waals surface area contributed by atoms with Gasteiger partial charge in [0.25, 0.3) is 5.91 Å². The van der Waals surface area contributed by atoms with Crippen molar-refractivity contribution in [1.29, 1.82) is 0 Å². The van der Waals surface area contributed by atoms with E-state index in [9.17, 15) is 9.90 Å². The molecule has 0 radical (unpaired) electrons. The van der Waals surface area contributed by atoms with E-state index in [1.165, 1.54) is 0 Å². The standard InChI is InChI=1S/C15H19BrClNO2/c1-10-4-6-15(20,7-5-10)9-18-14(19)12-3-2-11(16)8-13(12)17/h2-3,8,10,20H,4-7,9H2,1H3,(H,18,19). The van der Waals surface area contributed by atoms with Crippen LogP contribution in [0.2, 0.25) is 5.02 Å². The van der Waals surface area contributed by atoms with Gasteiger partial charge in [-0.2, -0.15) is 0 Å². The first-order valence-electron chi connectivity index (χ1n) is 6.85. The lowest BCUT2D eigenvalue weighted by Gasteiger charge is -2.34. The predicted octanol–water partition coefficient (Wildman–Crippen LogP) is 3.77. The number of carbonyl (C=O) groups excluding carboxylic acids is 1. The van der Waals surface area contributed by atoms with E-state index in [-0.39, 0.29) is 12.5 Å². The number of amides is 1. The first-order chi connectivity index (χ1) is 9.39. The van der Waals surface area contributed by atoms with Gasteiger partial charge < -0.3 is 10.4 Å². The first kappa shape index (κ1) is 15.8. The third-order valence-electron chi connectivity index (χ3n) is 3.96. The quantitative estimate of drug-likeness (QED) is 0.862. The molecular formula is C15H19BrClNO2. The lowest BCUT2D eigenvalue weighted by Crippen LogP contribution is -2.45. The van der Waals surface area contributed by atoms with Gasteiger partial charge in [-0.05, 0) is 49.8 Å². The third-order valence-corrected chi connectivity index (χ3v) is 4.76. The van der Waals surface area contributed by atoms with Gasteiger partial charge in [-0.25, -0.2) is 0 Å². The molecule has 0 unspecified atom stereocenters. The van der Waals surface area contributed by atoms with Crippen LogP contribution >= 0.6 is 27.5 Å². The molecule has 1 aromatic rings. The minimum absolute atomic E-state index is 0.241. The SMILES string of the molecule is CC1CCC(O)(CNC(=O)c2ccc(Br)cc2Cl)CC1. The molecule has 1 saturated carbocycles. The van der Waals surface area contributed by atoms with Crippen LogP contribution in [0, 0.1) is 5.92 Å². The lowest BCUT2D eigenvalue weighted by molar-refractivity contribution is -0.00539. The van der Waals surface area contributed by atoms with E-state index >= 15 is 0 Å². The summed E-state index contributed by atoms with van der Waals surface area (Å²) in [7, 11) is 0. The summed E-state index contributed by atoms with van der Waals surface area (Å²) in [6, 6.07) is 5.14. The summed E-state index contributed by atoms with van der Waals surface area (Å²) >= 11 is 9.35. The van der Waals surface area contributed by atoms with Crippen molar-refractivity contribution in [1.82, 2.24) is 5.32 Å². The monoisotopic (exact) mass is 359 g/mol. The van der Waals surface area contributed by atoms with Crippen LogP contribution < -0.4 is 5.32 Å². The molecule has 1 aliphatic carbocycles. The second kappa shape index (κ2) is 6.46. The normalized spacial score (nSPS) is 26.3. The Bertz CT molecular complexity index is 499. The largest absolute Gasteiger partial charge is 0.388 e. The molecule has 2 N–H and O–H groups in total. The molecule has 5 heteroatoms. The maximum Gasteiger partial charge on any atom is 0.252 e. The van der Waals surface area contributed by atoms with E-state index in [4.69, 9.17) is 11.6 Å². The molecule has 0 atom stereocenters. The Labute approximate surface area is 132 Å². The predicted molar refractivity (Wildman–Crippen MR) is 84.1 cm³/mol. The maximum absolute atomic E-state index is 12.1. The van der Waals surface area contributed by atoms with E-state index in [0.717, 1.165) is 30.2 Å². The van der Waals surface area contributed by atoms with Crippen LogP contribution in [0.25, 0.3) is 0 Å². The summed E-state index contributed by atoms with van der Waals surface area (Å²) in [5.41, 5.74) is -0.341. The van der Waals surface area contributed by atoms with E-state index in [1.54, 1.807) is 18.2 Å². The first-order valence-corrected chi connectivity index (χ1v) is 8.02. The van der Waals surface area contributed by atoms with Gasteiger partial charge in [0.1, 0.15) is 0 Å². The molecule has 1 aliphatic rings. The Balaban J connectivity index is 1.95. The Kier molecular flexibility index (Phi) is 5.10. The van der Waals surface area contributed by atoms with Crippen LogP contribution in [0.4, 0.5) is 0 Å². The molecule has 3 nitrogen and oxygen atoms in total. The molecule has 2 rings (SSSR count). The molecular weight excluding hydrogens is 342 g/mol. The van der Waals surface area contributed by atoms with Gasteiger partial charge >= 0.3 is 0 Å². The number of hydrogen-bond donors (Lipinski definition) is 2. The van der Waals surface area contributed by atoms with Gasteiger partial charge in [0, 0.05) is 11.0 Å². The highest BCUT2D eigenvalue weighted by atomic mass is 79.9. The fourth-order valence-corrected chi connectivity index (χ4v) is 3.25. The van der Waals surface area contributed by atoms with Crippen molar-refractivity contribution >= 4 is 33.4 Å². The van der Waals surface area contributed by atoms with Crippen molar-refractivity contribution in [3.63, 3.8) is 0 Å². The van der Waals surface area contributed by atoms with Crippen molar-refractivity contribution in [3.05, 3.63) is 33.3 Å². The van der Waals surface area contributed by atoms with Crippen LogP contribution in [-0.2, 0) is 0 Å². The fourth-order valence-electron chi connectivity index (χ4n) is 2.49. The number of halogens is 2. The van der Waals surface area contributed by atoms with E-state index < -0.39 is 5.60 Å². The minimum Gasteiger partial charge on any atom is -0.388 e. The maximum atomic E-state index is 12.1. The van der Waals surface area contributed by atoms with Gasteiger partial charge in [-0.1, -0.05) is 34.5 Å². The Hall–Kier alpha value is -0.580. The van der Waals surface area contributed by atoms with Crippen molar-refractivity contribution in [2.24, 2.45) is 5.92 Å². The van der Waals surface area contributed by atoms with Gasteiger partial charge in [-0.3, -0.25) is 4.79 Å².